The molecule has 17 heavy (non-hydrogen) atoms. The van der Waals surface area contributed by atoms with Crippen LogP contribution in [-0.2, 0) is 6.54 Å². The first kappa shape index (κ1) is 12.6. The van der Waals surface area contributed by atoms with Crippen molar-refractivity contribution in [2.45, 2.75) is 32.0 Å². The van der Waals surface area contributed by atoms with Gasteiger partial charge in [-0.15, -0.1) is 0 Å². The molecule has 1 aliphatic rings. The van der Waals surface area contributed by atoms with Crippen LogP contribution in [0.2, 0.25) is 0 Å². The number of rotatable bonds is 3. The van der Waals surface area contributed by atoms with Gasteiger partial charge >= 0.3 is 0 Å². The molecule has 1 unspecified atom stereocenters. The van der Waals surface area contributed by atoms with E-state index < -0.39 is 0 Å². The summed E-state index contributed by atoms with van der Waals surface area (Å²) in [6.07, 6.45) is 0. The van der Waals surface area contributed by atoms with E-state index in [4.69, 9.17) is 0 Å². The van der Waals surface area contributed by atoms with Crippen molar-refractivity contribution in [2.24, 2.45) is 0 Å². The number of aliphatic hydroxyl groups is 1. The van der Waals surface area contributed by atoms with E-state index in [0.717, 1.165) is 19.6 Å². The van der Waals surface area contributed by atoms with E-state index in [1.807, 2.05) is 6.07 Å². The fraction of sp³-hybridized carbons (Fsp3) is 0.571. The lowest BCUT2D eigenvalue weighted by atomic mass is 9.98. The third kappa shape index (κ3) is 3.28. The van der Waals surface area contributed by atoms with Crippen LogP contribution >= 0.6 is 0 Å². The Balaban J connectivity index is 2.06. The molecule has 1 aromatic carbocycles. The lowest BCUT2D eigenvalue weighted by Gasteiger charge is -2.44. The molecule has 0 bridgehead atoms. The van der Waals surface area contributed by atoms with Crippen molar-refractivity contribution >= 4 is 0 Å². The second-order valence-electron chi connectivity index (χ2n) is 5.49. The molecule has 0 spiro atoms. The molecule has 1 fully saturated rings. The molecular weight excluding hydrogens is 212 g/mol. The van der Waals surface area contributed by atoms with Gasteiger partial charge < -0.3 is 10.4 Å². The highest BCUT2D eigenvalue weighted by atomic mass is 16.3. The van der Waals surface area contributed by atoms with E-state index in [9.17, 15) is 5.11 Å². The van der Waals surface area contributed by atoms with Gasteiger partial charge in [-0.2, -0.15) is 0 Å². The molecule has 1 aliphatic heterocycles. The Morgan fingerprint density at radius 1 is 1.35 bits per heavy atom. The van der Waals surface area contributed by atoms with Crippen molar-refractivity contribution in [3.8, 4) is 0 Å². The molecule has 0 amide bonds. The zero-order valence-corrected chi connectivity index (χ0v) is 10.7. The summed E-state index contributed by atoms with van der Waals surface area (Å²) in [5.74, 6) is 0. The highest BCUT2D eigenvalue weighted by Gasteiger charge is 2.31. The van der Waals surface area contributed by atoms with Crippen LogP contribution in [0.1, 0.15) is 19.4 Å². The third-order valence-corrected chi connectivity index (χ3v) is 3.37. The summed E-state index contributed by atoms with van der Waals surface area (Å²) < 4.78 is 0. The van der Waals surface area contributed by atoms with Crippen molar-refractivity contribution < 1.29 is 5.11 Å². The Labute approximate surface area is 103 Å². The lowest BCUT2D eigenvalue weighted by molar-refractivity contribution is 0.0513. The molecule has 1 aromatic rings. The predicted molar refractivity (Wildman–Crippen MR) is 69.8 cm³/mol. The van der Waals surface area contributed by atoms with Gasteiger partial charge in [-0.1, -0.05) is 30.3 Å². The monoisotopic (exact) mass is 234 g/mol. The van der Waals surface area contributed by atoms with Crippen LogP contribution in [-0.4, -0.2) is 41.3 Å². The second kappa shape index (κ2) is 5.17. The molecule has 0 aromatic heterocycles. The minimum atomic E-state index is 0.125. The van der Waals surface area contributed by atoms with Crippen molar-refractivity contribution in [1.29, 1.82) is 0 Å². The van der Waals surface area contributed by atoms with Gasteiger partial charge in [0.2, 0.25) is 0 Å². The third-order valence-electron chi connectivity index (χ3n) is 3.37. The maximum atomic E-state index is 9.43. The van der Waals surface area contributed by atoms with Crippen LogP contribution in [0.5, 0.6) is 0 Å². The Morgan fingerprint density at radius 3 is 2.71 bits per heavy atom. The van der Waals surface area contributed by atoms with Crippen molar-refractivity contribution in [3.05, 3.63) is 35.9 Å². The van der Waals surface area contributed by atoms with E-state index in [1.54, 1.807) is 0 Å². The Kier molecular flexibility index (Phi) is 3.82. The number of hydrogen-bond acceptors (Lipinski definition) is 3. The van der Waals surface area contributed by atoms with Crippen molar-refractivity contribution in [2.75, 3.05) is 19.7 Å². The molecule has 94 valence electrons. The molecule has 1 heterocycles. The Bertz CT molecular complexity index is 350. The first-order chi connectivity index (χ1) is 8.11. The van der Waals surface area contributed by atoms with Gasteiger partial charge in [0.1, 0.15) is 0 Å². The van der Waals surface area contributed by atoms with Crippen LogP contribution in [0.3, 0.4) is 0 Å². The SMILES string of the molecule is CC1(C)CN(Cc2ccccc2)C(CO)CN1. The summed E-state index contributed by atoms with van der Waals surface area (Å²) >= 11 is 0. The number of nitrogens with zero attached hydrogens (tertiary/aromatic N) is 1. The van der Waals surface area contributed by atoms with Gasteiger partial charge in [0.15, 0.2) is 0 Å². The van der Waals surface area contributed by atoms with Gasteiger partial charge in [0.05, 0.1) is 6.61 Å². The fourth-order valence-corrected chi connectivity index (χ4v) is 2.40. The summed E-state index contributed by atoms with van der Waals surface area (Å²) in [6.45, 7) is 7.37. The molecule has 0 saturated carbocycles. The lowest BCUT2D eigenvalue weighted by Crippen LogP contribution is -2.62. The molecule has 0 aliphatic carbocycles. The van der Waals surface area contributed by atoms with E-state index >= 15 is 0 Å². The predicted octanol–water partition coefficient (Wildman–Crippen LogP) is 1.23. The highest BCUT2D eigenvalue weighted by molar-refractivity contribution is 5.15. The molecule has 2 N–H and O–H groups in total. The fourth-order valence-electron chi connectivity index (χ4n) is 2.40. The smallest absolute Gasteiger partial charge is 0.0599 e. The molecule has 1 saturated heterocycles. The Morgan fingerprint density at radius 2 is 2.06 bits per heavy atom. The summed E-state index contributed by atoms with van der Waals surface area (Å²) in [4.78, 5) is 2.37. The zero-order valence-electron chi connectivity index (χ0n) is 10.7. The summed E-state index contributed by atoms with van der Waals surface area (Å²) in [7, 11) is 0. The number of aliphatic hydroxyl groups excluding tert-OH is 1. The van der Waals surface area contributed by atoms with Gasteiger partial charge in [-0.3, -0.25) is 4.90 Å². The molecule has 1 atom stereocenters. The Hall–Kier alpha value is -0.900. The summed E-state index contributed by atoms with van der Waals surface area (Å²) in [5, 5.41) is 12.9. The number of benzene rings is 1. The maximum absolute atomic E-state index is 9.43. The van der Waals surface area contributed by atoms with E-state index in [1.165, 1.54) is 5.56 Å². The van der Waals surface area contributed by atoms with Gasteiger partial charge in [-0.25, -0.2) is 0 Å². The van der Waals surface area contributed by atoms with E-state index in [2.05, 4.69) is 48.3 Å². The minimum Gasteiger partial charge on any atom is -0.395 e. The van der Waals surface area contributed by atoms with E-state index in [-0.39, 0.29) is 18.2 Å². The number of hydrogen-bond donors (Lipinski definition) is 2. The van der Waals surface area contributed by atoms with Gasteiger partial charge in [-0.05, 0) is 19.4 Å². The van der Waals surface area contributed by atoms with Gasteiger partial charge in [0.25, 0.3) is 0 Å². The van der Waals surface area contributed by atoms with Crippen LogP contribution in [0, 0.1) is 0 Å². The normalized spacial score (nSPS) is 24.8. The summed E-state index contributed by atoms with van der Waals surface area (Å²) in [6, 6.07) is 10.7. The largest absolute Gasteiger partial charge is 0.395 e. The highest BCUT2D eigenvalue weighted by Crippen LogP contribution is 2.17. The maximum Gasteiger partial charge on any atom is 0.0599 e. The zero-order chi connectivity index (χ0) is 12.3. The summed E-state index contributed by atoms with van der Waals surface area (Å²) in [5.41, 5.74) is 1.43. The minimum absolute atomic E-state index is 0.125. The number of piperazine rings is 1. The molecular formula is C14H22N2O. The molecule has 3 heteroatoms. The second-order valence-corrected chi connectivity index (χ2v) is 5.49. The first-order valence-corrected chi connectivity index (χ1v) is 6.24. The quantitative estimate of drug-likeness (QED) is 0.826. The first-order valence-electron chi connectivity index (χ1n) is 6.24. The molecule has 3 nitrogen and oxygen atoms in total. The average molecular weight is 234 g/mol. The van der Waals surface area contributed by atoms with Crippen LogP contribution in [0.15, 0.2) is 30.3 Å². The number of nitrogens with one attached hydrogen (secondary N) is 1. The van der Waals surface area contributed by atoms with Gasteiger partial charge in [0, 0.05) is 31.2 Å². The standard InChI is InChI=1S/C14H22N2O/c1-14(2)11-16(13(10-17)8-15-14)9-12-6-4-3-5-7-12/h3-7,13,15,17H,8-11H2,1-2H3. The average Bonchev–Trinajstić information content (AvgIpc) is 2.30. The molecule has 2 rings (SSSR count). The van der Waals surface area contributed by atoms with Crippen molar-refractivity contribution in [1.82, 2.24) is 10.2 Å². The van der Waals surface area contributed by atoms with Crippen LogP contribution in [0.4, 0.5) is 0 Å². The van der Waals surface area contributed by atoms with Crippen LogP contribution < -0.4 is 5.32 Å². The van der Waals surface area contributed by atoms with E-state index in [0.29, 0.717) is 0 Å². The van der Waals surface area contributed by atoms with Crippen LogP contribution in [0.25, 0.3) is 0 Å². The topological polar surface area (TPSA) is 35.5 Å². The van der Waals surface area contributed by atoms with Crippen molar-refractivity contribution in [3.63, 3.8) is 0 Å². The molecule has 0 radical (unpaired) electrons.